The highest BCUT2D eigenvalue weighted by Crippen LogP contribution is 2.35. The number of allylic oxidation sites excluding steroid dienone is 4. The van der Waals surface area contributed by atoms with Crippen LogP contribution >= 0.6 is 0 Å². The van der Waals surface area contributed by atoms with Gasteiger partial charge < -0.3 is 15.3 Å². The number of carboxylic acid groups (broad SMARTS) is 1. The van der Waals surface area contributed by atoms with Crippen molar-refractivity contribution in [2.75, 3.05) is 23.3 Å². The number of rotatable bonds is 8. The van der Waals surface area contributed by atoms with E-state index in [0.29, 0.717) is 28.6 Å². The molecule has 1 saturated carbocycles. The largest absolute Gasteiger partial charge is 0.481 e. The number of carboxylic acids is 1. The molecular weight excluding hydrogens is 456 g/mol. The second kappa shape index (κ2) is 12.0. The van der Waals surface area contributed by atoms with Gasteiger partial charge in [-0.15, -0.1) is 0 Å². The lowest BCUT2D eigenvalue weighted by molar-refractivity contribution is -0.138. The summed E-state index contributed by atoms with van der Waals surface area (Å²) in [5.41, 5.74) is 2.01. The summed E-state index contributed by atoms with van der Waals surface area (Å²) in [4.78, 5) is 35.3. The van der Waals surface area contributed by atoms with Crippen molar-refractivity contribution in [2.45, 2.75) is 64.7 Å². The van der Waals surface area contributed by atoms with Gasteiger partial charge in [-0.25, -0.2) is 10.1 Å². The van der Waals surface area contributed by atoms with Crippen molar-refractivity contribution in [1.82, 2.24) is 20.2 Å². The number of H-pyrrole nitrogens is 1. The van der Waals surface area contributed by atoms with E-state index >= 15 is 0 Å². The molecule has 192 valence electrons. The topological polar surface area (TPSA) is 124 Å². The van der Waals surface area contributed by atoms with Crippen LogP contribution in [0, 0.1) is 11.8 Å². The van der Waals surface area contributed by atoms with Crippen LogP contribution in [0.15, 0.2) is 47.1 Å². The molecule has 2 aliphatic rings. The van der Waals surface area contributed by atoms with Crippen molar-refractivity contribution in [3.63, 3.8) is 0 Å². The molecule has 2 aromatic rings. The van der Waals surface area contributed by atoms with Gasteiger partial charge >= 0.3 is 5.97 Å². The van der Waals surface area contributed by atoms with Crippen LogP contribution in [0.1, 0.15) is 64.7 Å². The zero-order chi connectivity index (χ0) is 25.5. The summed E-state index contributed by atoms with van der Waals surface area (Å²) < 4.78 is 0. The maximum atomic E-state index is 12.6. The molecule has 9 heteroatoms. The Morgan fingerprint density at radius 1 is 1.17 bits per heavy atom. The first-order chi connectivity index (χ1) is 17.4. The first kappa shape index (κ1) is 25.6. The summed E-state index contributed by atoms with van der Waals surface area (Å²) in [7, 11) is 0. The predicted octanol–water partition coefficient (Wildman–Crippen LogP) is 4.80. The van der Waals surface area contributed by atoms with Gasteiger partial charge in [-0.05, 0) is 63.4 Å². The van der Waals surface area contributed by atoms with Gasteiger partial charge in [0, 0.05) is 25.2 Å². The molecule has 0 unspecified atom stereocenters. The summed E-state index contributed by atoms with van der Waals surface area (Å²) in [6, 6.07) is 0. The summed E-state index contributed by atoms with van der Waals surface area (Å²) in [5.74, 6) is 0.974. The Hall–Kier alpha value is -3.49. The molecule has 4 rings (SSSR count). The van der Waals surface area contributed by atoms with Gasteiger partial charge in [0.1, 0.15) is 16.7 Å². The summed E-state index contributed by atoms with van der Waals surface area (Å²) in [5, 5.41) is 19.2. The van der Waals surface area contributed by atoms with Crippen LogP contribution in [-0.4, -0.2) is 44.3 Å². The SMILES string of the molecule is C=C(/C=C\C(=C/C)Nc1nc(N2CCCCCC2)nc2cn[nH]c(=O)c12)C1CCC(CC(=O)O)CC1. The van der Waals surface area contributed by atoms with Crippen molar-refractivity contribution in [1.29, 1.82) is 0 Å². The van der Waals surface area contributed by atoms with Gasteiger partial charge in [0.05, 0.1) is 6.20 Å². The number of aromatic nitrogens is 4. The van der Waals surface area contributed by atoms with Crippen LogP contribution in [0.2, 0.25) is 0 Å². The molecule has 3 heterocycles. The van der Waals surface area contributed by atoms with E-state index in [1.807, 2.05) is 25.2 Å². The fourth-order valence-corrected chi connectivity index (χ4v) is 5.16. The zero-order valence-electron chi connectivity index (χ0n) is 21.0. The highest BCUT2D eigenvalue weighted by molar-refractivity contribution is 5.89. The van der Waals surface area contributed by atoms with E-state index in [4.69, 9.17) is 10.1 Å². The molecular formula is C27H36N6O3. The lowest BCUT2D eigenvalue weighted by Gasteiger charge is -2.28. The van der Waals surface area contributed by atoms with E-state index in [1.165, 1.54) is 12.8 Å². The Morgan fingerprint density at radius 2 is 1.89 bits per heavy atom. The minimum atomic E-state index is -0.716. The second-order valence-corrected chi connectivity index (χ2v) is 9.83. The third kappa shape index (κ3) is 6.38. The maximum Gasteiger partial charge on any atom is 0.303 e. The van der Waals surface area contributed by atoms with Crippen LogP contribution in [-0.2, 0) is 4.79 Å². The summed E-state index contributed by atoms with van der Waals surface area (Å²) in [6.07, 6.45) is 16.1. The van der Waals surface area contributed by atoms with E-state index in [0.717, 1.165) is 62.9 Å². The molecule has 0 bridgehead atoms. The average Bonchev–Trinajstić information content (AvgIpc) is 3.16. The molecule has 36 heavy (non-hydrogen) atoms. The monoisotopic (exact) mass is 492 g/mol. The molecule has 0 spiro atoms. The highest BCUT2D eigenvalue weighted by Gasteiger charge is 2.24. The molecule has 2 fully saturated rings. The molecule has 9 nitrogen and oxygen atoms in total. The lowest BCUT2D eigenvalue weighted by atomic mass is 9.77. The smallest absolute Gasteiger partial charge is 0.303 e. The highest BCUT2D eigenvalue weighted by atomic mass is 16.4. The fraction of sp³-hybridized carbons (Fsp3) is 0.519. The molecule has 0 amide bonds. The van der Waals surface area contributed by atoms with E-state index in [-0.39, 0.29) is 17.9 Å². The minimum absolute atomic E-state index is 0.253. The molecule has 3 N–H and O–H groups in total. The standard InChI is InChI=1S/C27H36N6O3/c1-3-21(13-8-18(2)20-11-9-19(10-12-20)16-23(34)35)29-25-24-22(17-28-32-26(24)36)30-27(31-25)33-14-6-4-5-7-15-33/h3,8,13,17,19-20H,2,4-7,9-12,14-16H2,1H3,(H,32,36)(H,34,35)(H,29,30,31)/b13-8-,21-3+. The Kier molecular flexibility index (Phi) is 8.51. The normalized spacial score (nSPS) is 21.5. The Labute approximate surface area is 211 Å². The molecule has 1 aliphatic heterocycles. The van der Waals surface area contributed by atoms with Gasteiger partial charge in [-0.1, -0.05) is 37.1 Å². The van der Waals surface area contributed by atoms with Crippen LogP contribution in [0.3, 0.4) is 0 Å². The lowest BCUT2D eigenvalue weighted by Crippen LogP contribution is -2.27. The first-order valence-electron chi connectivity index (χ1n) is 13.0. The Morgan fingerprint density at radius 3 is 2.56 bits per heavy atom. The van der Waals surface area contributed by atoms with Crippen molar-refractivity contribution in [2.24, 2.45) is 11.8 Å². The molecule has 2 aromatic heterocycles. The Bertz CT molecular complexity index is 1200. The predicted molar refractivity (Wildman–Crippen MR) is 142 cm³/mol. The summed E-state index contributed by atoms with van der Waals surface area (Å²) in [6.45, 7) is 7.99. The molecule has 1 saturated heterocycles. The van der Waals surface area contributed by atoms with E-state index in [1.54, 1.807) is 6.20 Å². The number of aliphatic carboxylic acids is 1. The number of carbonyl (C=O) groups is 1. The quantitative estimate of drug-likeness (QED) is 0.449. The van der Waals surface area contributed by atoms with Crippen LogP contribution < -0.4 is 15.8 Å². The van der Waals surface area contributed by atoms with Crippen LogP contribution in [0.4, 0.5) is 11.8 Å². The van der Waals surface area contributed by atoms with E-state index in [2.05, 4.69) is 32.0 Å². The Balaban J connectivity index is 1.51. The number of aromatic amines is 1. The molecule has 1 aliphatic carbocycles. The number of nitrogens with zero attached hydrogens (tertiary/aromatic N) is 4. The second-order valence-electron chi connectivity index (χ2n) is 9.83. The summed E-state index contributed by atoms with van der Waals surface area (Å²) >= 11 is 0. The number of anilines is 2. The fourth-order valence-electron chi connectivity index (χ4n) is 5.16. The average molecular weight is 493 g/mol. The van der Waals surface area contributed by atoms with Crippen molar-refractivity contribution < 1.29 is 9.90 Å². The number of nitrogens with one attached hydrogen (secondary N) is 2. The van der Waals surface area contributed by atoms with Gasteiger partial charge in [0.2, 0.25) is 5.95 Å². The van der Waals surface area contributed by atoms with Crippen LogP contribution in [0.25, 0.3) is 10.9 Å². The van der Waals surface area contributed by atoms with Gasteiger partial charge in [-0.3, -0.25) is 9.59 Å². The van der Waals surface area contributed by atoms with Crippen molar-refractivity contribution in [3.8, 4) is 0 Å². The molecule has 0 aromatic carbocycles. The third-order valence-electron chi connectivity index (χ3n) is 7.28. The van der Waals surface area contributed by atoms with E-state index in [9.17, 15) is 9.59 Å². The van der Waals surface area contributed by atoms with E-state index < -0.39 is 5.97 Å². The van der Waals surface area contributed by atoms with Crippen molar-refractivity contribution in [3.05, 3.63) is 52.6 Å². The zero-order valence-corrected chi connectivity index (χ0v) is 21.0. The number of fused-ring (bicyclic) bond motifs is 1. The third-order valence-corrected chi connectivity index (χ3v) is 7.28. The van der Waals surface area contributed by atoms with Gasteiger partial charge in [0.15, 0.2) is 0 Å². The number of hydrogen-bond acceptors (Lipinski definition) is 7. The minimum Gasteiger partial charge on any atom is -0.481 e. The van der Waals surface area contributed by atoms with Gasteiger partial charge in [-0.2, -0.15) is 10.1 Å². The maximum absolute atomic E-state index is 12.6. The number of hydrogen-bond donors (Lipinski definition) is 3. The molecule has 0 radical (unpaired) electrons. The molecule has 0 atom stereocenters. The van der Waals surface area contributed by atoms with Crippen molar-refractivity contribution >= 4 is 28.6 Å². The van der Waals surface area contributed by atoms with Crippen LogP contribution in [0.5, 0.6) is 0 Å². The van der Waals surface area contributed by atoms with Gasteiger partial charge in [0.25, 0.3) is 5.56 Å². The first-order valence-corrected chi connectivity index (χ1v) is 13.0.